The van der Waals surface area contributed by atoms with Gasteiger partial charge in [-0.05, 0) is 41.5 Å². The van der Waals surface area contributed by atoms with Crippen LogP contribution in [-0.2, 0) is 12.0 Å². The lowest BCUT2D eigenvalue weighted by atomic mass is 9.93. The molecule has 1 aromatic heterocycles. The van der Waals surface area contributed by atoms with Gasteiger partial charge in [-0.25, -0.2) is 0 Å². The van der Waals surface area contributed by atoms with Gasteiger partial charge in [0.1, 0.15) is 18.1 Å². The SMILES string of the molecule is CC(C)(C)c1n[nH]c(=S)n(/N=C\c2ccc(OCc3ccccc3)c(Cl)c2)c1=O. The number of benzene rings is 2. The number of rotatable bonds is 5. The molecule has 29 heavy (non-hydrogen) atoms. The Morgan fingerprint density at radius 3 is 2.62 bits per heavy atom. The Kier molecular flexibility index (Phi) is 6.30. The van der Waals surface area contributed by atoms with Crippen molar-refractivity contribution >= 4 is 30.0 Å². The molecule has 0 saturated heterocycles. The number of nitrogens with one attached hydrogen (secondary N) is 1. The summed E-state index contributed by atoms with van der Waals surface area (Å²) in [5.74, 6) is 0.570. The smallest absolute Gasteiger partial charge is 0.297 e. The lowest BCUT2D eigenvalue weighted by Gasteiger charge is -2.16. The first kappa shape index (κ1) is 21.0. The van der Waals surface area contributed by atoms with Gasteiger partial charge in [0.15, 0.2) is 0 Å². The summed E-state index contributed by atoms with van der Waals surface area (Å²) in [6.07, 6.45) is 1.52. The van der Waals surface area contributed by atoms with Gasteiger partial charge in [-0.3, -0.25) is 9.89 Å². The molecule has 0 radical (unpaired) electrons. The Hall–Kier alpha value is -2.77. The van der Waals surface area contributed by atoms with Crippen molar-refractivity contribution in [2.45, 2.75) is 32.8 Å². The maximum Gasteiger partial charge on any atom is 0.297 e. The van der Waals surface area contributed by atoms with Gasteiger partial charge in [0.25, 0.3) is 5.56 Å². The van der Waals surface area contributed by atoms with Gasteiger partial charge >= 0.3 is 0 Å². The molecule has 3 rings (SSSR count). The maximum atomic E-state index is 12.7. The lowest BCUT2D eigenvalue weighted by Crippen LogP contribution is -2.32. The second-order valence-corrected chi connectivity index (χ2v) is 8.25. The van der Waals surface area contributed by atoms with Crippen LogP contribution in [0.25, 0.3) is 0 Å². The third-order valence-electron chi connectivity index (χ3n) is 4.08. The topological polar surface area (TPSA) is 72.3 Å². The van der Waals surface area contributed by atoms with E-state index in [9.17, 15) is 4.79 Å². The van der Waals surface area contributed by atoms with Crippen LogP contribution in [-0.4, -0.2) is 21.1 Å². The molecule has 1 N–H and O–H groups in total. The fourth-order valence-electron chi connectivity index (χ4n) is 2.56. The molecule has 2 aromatic carbocycles. The summed E-state index contributed by atoms with van der Waals surface area (Å²) in [6.45, 7) is 6.12. The van der Waals surface area contributed by atoms with E-state index in [4.69, 9.17) is 28.6 Å². The summed E-state index contributed by atoms with van der Waals surface area (Å²) in [5, 5.41) is 11.4. The van der Waals surface area contributed by atoms with E-state index in [1.54, 1.807) is 18.2 Å². The lowest BCUT2D eigenvalue weighted by molar-refractivity contribution is 0.306. The molecule has 3 aromatic rings. The van der Waals surface area contributed by atoms with Crippen molar-refractivity contribution in [1.82, 2.24) is 14.9 Å². The molecule has 1 heterocycles. The number of H-pyrrole nitrogens is 1. The predicted octanol–water partition coefficient (Wildman–Crippen LogP) is 4.71. The number of aromatic nitrogens is 3. The van der Waals surface area contributed by atoms with E-state index in [-0.39, 0.29) is 10.3 Å². The van der Waals surface area contributed by atoms with Gasteiger partial charge < -0.3 is 4.74 Å². The molecule has 0 spiro atoms. The van der Waals surface area contributed by atoms with Crippen molar-refractivity contribution in [3.63, 3.8) is 0 Å². The van der Waals surface area contributed by atoms with Crippen LogP contribution in [0.2, 0.25) is 5.02 Å². The summed E-state index contributed by atoms with van der Waals surface area (Å²) in [5.41, 5.74) is 1.32. The number of aromatic amines is 1. The van der Waals surface area contributed by atoms with Gasteiger partial charge in [0, 0.05) is 5.41 Å². The van der Waals surface area contributed by atoms with E-state index < -0.39 is 5.41 Å². The summed E-state index contributed by atoms with van der Waals surface area (Å²) in [7, 11) is 0. The minimum atomic E-state index is -0.436. The molecule has 0 aliphatic carbocycles. The van der Waals surface area contributed by atoms with Crippen molar-refractivity contribution in [2.75, 3.05) is 0 Å². The Morgan fingerprint density at radius 2 is 1.97 bits per heavy atom. The number of hydrogen-bond donors (Lipinski definition) is 1. The highest BCUT2D eigenvalue weighted by Gasteiger charge is 2.21. The molecule has 8 heteroatoms. The molecule has 0 aliphatic heterocycles. The number of nitrogens with zero attached hydrogens (tertiary/aromatic N) is 3. The summed E-state index contributed by atoms with van der Waals surface area (Å²) >= 11 is 11.5. The second kappa shape index (κ2) is 8.71. The Balaban J connectivity index is 1.81. The fourth-order valence-corrected chi connectivity index (χ4v) is 2.98. The van der Waals surface area contributed by atoms with Crippen LogP contribution in [0.5, 0.6) is 5.75 Å². The summed E-state index contributed by atoms with van der Waals surface area (Å²) in [4.78, 5) is 12.7. The van der Waals surface area contributed by atoms with Crippen LogP contribution < -0.4 is 10.3 Å². The van der Waals surface area contributed by atoms with Crippen LogP contribution >= 0.6 is 23.8 Å². The summed E-state index contributed by atoms with van der Waals surface area (Å²) < 4.78 is 7.01. The Labute approximate surface area is 178 Å². The van der Waals surface area contributed by atoms with Crippen LogP contribution in [0.1, 0.15) is 37.6 Å². The molecule has 0 fully saturated rings. The van der Waals surface area contributed by atoms with E-state index >= 15 is 0 Å². The minimum Gasteiger partial charge on any atom is -0.487 e. The third-order valence-corrected chi connectivity index (χ3v) is 4.64. The van der Waals surface area contributed by atoms with Crippen molar-refractivity contribution in [3.05, 3.63) is 85.5 Å². The highest BCUT2D eigenvalue weighted by atomic mass is 35.5. The minimum absolute atomic E-state index is 0.119. The first-order valence-corrected chi connectivity index (χ1v) is 9.77. The number of hydrogen-bond acceptors (Lipinski definition) is 5. The number of halogens is 1. The van der Waals surface area contributed by atoms with E-state index in [1.807, 2.05) is 51.1 Å². The largest absolute Gasteiger partial charge is 0.487 e. The van der Waals surface area contributed by atoms with Gasteiger partial charge in [0.05, 0.1) is 11.2 Å². The van der Waals surface area contributed by atoms with Crippen LogP contribution in [0.3, 0.4) is 0 Å². The van der Waals surface area contributed by atoms with Crippen molar-refractivity contribution in [1.29, 1.82) is 0 Å². The average Bonchev–Trinajstić information content (AvgIpc) is 2.67. The number of ether oxygens (including phenoxy) is 1. The average molecular weight is 429 g/mol. The van der Waals surface area contributed by atoms with E-state index in [2.05, 4.69) is 15.3 Å². The van der Waals surface area contributed by atoms with Gasteiger partial charge in [-0.1, -0.05) is 62.7 Å². The Bertz CT molecular complexity index is 1150. The highest BCUT2D eigenvalue weighted by Crippen LogP contribution is 2.26. The highest BCUT2D eigenvalue weighted by molar-refractivity contribution is 7.71. The Morgan fingerprint density at radius 1 is 1.24 bits per heavy atom. The van der Waals surface area contributed by atoms with Crippen LogP contribution in [0.15, 0.2) is 58.4 Å². The first-order chi connectivity index (χ1) is 13.8. The molecule has 0 unspecified atom stereocenters. The fraction of sp³-hybridized carbons (Fsp3) is 0.238. The normalized spacial score (nSPS) is 11.7. The molecule has 0 aliphatic rings. The van der Waals surface area contributed by atoms with E-state index in [0.29, 0.717) is 28.6 Å². The first-order valence-electron chi connectivity index (χ1n) is 8.98. The van der Waals surface area contributed by atoms with Gasteiger partial charge in [-0.15, -0.1) is 0 Å². The van der Waals surface area contributed by atoms with Crippen molar-refractivity contribution in [2.24, 2.45) is 5.10 Å². The second-order valence-electron chi connectivity index (χ2n) is 7.45. The standard InChI is InChI=1S/C21H21ClN4O2S/c1-21(2,3)18-19(27)26(20(29)25-24-18)23-12-15-9-10-17(16(22)11-15)28-13-14-7-5-4-6-8-14/h4-12H,13H2,1-3H3,(H,25,29)/b23-12-. The molecule has 0 bridgehead atoms. The molecular weight excluding hydrogens is 408 g/mol. The maximum absolute atomic E-state index is 12.7. The molecule has 150 valence electrons. The summed E-state index contributed by atoms with van der Waals surface area (Å²) in [6, 6.07) is 15.1. The molecular formula is C21H21ClN4O2S. The van der Waals surface area contributed by atoms with Gasteiger partial charge in [-0.2, -0.15) is 14.9 Å². The van der Waals surface area contributed by atoms with Crippen molar-refractivity contribution < 1.29 is 4.74 Å². The monoisotopic (exact) mass is 428 g/mol. The van der Waals surface area contributed by atoms with Gasteiger partial charge in [0.2, 0.25) is 4.77 Å². The molecule has 6 nitrogen and oxygen atoms in total. The quantitative estimate of drug-likeness (QED) is 0.471. The van der Waals surface area contributed by atoms with Crippen LogP contribution in [0, 0.1) is 4.77 Å². The molecule has 0 amide bonds. The van der Waals surface area contributed by atoms with E-state index in [1.165, 1.54) is 6.21 Å². The zero-order valence-corrected chi connectivity index (χ0v) is 17.9. The molecule has 0 atom stereocenters. The zero-order valence-electron chi connectivity index (χ0n) is 16.3. The molecule has 0 saturated carbocycles. The van der Waals surface area contributed by atoms with Crippen molar-refractivity contribution in [3.8, 4) is 5.75 Å². The predicted molar refractivity (Wildman–Crippen MR) is 118 cm³/mol. The zero-order chi connectivity index (χ0) is 21.0. The third kappa shape index (κ3) is 5.19. The van der Waals surface area contributed by atoms with E-state index in [0.717, 1.165) is 10.2 Å². The van der Waals surface area contributed by atoms with Crippen LogP contribution in [0.4, 0.5) is 0 Å².